The summed E-state index contributed by atoms with van der Waals surface area (Å²) in [5, 5.41) is 0. The van der Waals surface area contributed by atoms with Gasteiger partial charge in [-0.1, -0.05) is 26.8 Å². The molecule has 0 aliphatic rings. The summed E-state index contributed by atoms with van der Waals surface area (Å²) in [5.74, 6) is 0. The van der Waals surface area contributed by atoms with Gasteiger partial charge in [-0.2, -0.15) is 0 Å². The lowest BCUT2D eigenvalue weighted by molar-refractivity contribution is 0.590. The molecule has 90 valence electrons. The zero-order valence-electron chi connectivity index (χ0n) is 11.6. The maximum atomic E-state index is 2.25. The zero-order chi connectivity index (χ0) is 12.5. The molecule has 0 saturated heterocycles. The second-order valence-electron chi connectivity index (χ2n) is 5.74. The molecule has 1 rings (SSSR count). The number of nitrogens with zero attached hydrogens (tertiary/aromatic N) is 2. The number of benzene rings is 1. The van der Waals surface area contributed by atoms with Crippen LogP contribution in [0.3, 0.4) is 0 Å². The molecule has 0 aliphatic heterocycles. The molecule has 16 heavy (non-hydrogen) atoms. The minimum Gasteiger partial charge on any atom is -0.378 e. The van der Waals surface area contributed by atoms with Crippen LogP contribution in [0.1, 0.15) is 26.3 Å². The van der Waals surface area contributed by atoms with Crippen LogP contribution < -0.4 is 9.80 Å². The van der Waals surface area contributed by atoms with E-state index in [0.29, 0.717) is 0 Å². The van der Waals surface area contributed by atoms with Gasteiger partial charge < -0.3 is 9.80 Å². The van der Waals surface area contributed by atoms with Crippen molar-refractivity contribution in [2.24, 2.45) is 0 Å². The number of rotatable bonds is 2. The minimum atomic E-state index is 0.185. The molecular weight excluding hydrogens is 196 g/mol. The third-order valence-electron chi connectivity index (χ3n) is 2.79. The molecule has 2 heteroatoms. The molecule has 0 heterocycles. The SMILES string of the molecule is CN(C)c1ccc(C(C)(C)C)c(N(C)C)c1. The maximum Gasteiger partial charge on any atom is 0.0419 e. The molecule has 0 radical (unpaired) electrons. The van der Waals surface area contributed by atoms with Crippen molar-refractivity contribution in [1.82, 2.24) is 0 Å². The van der Waals surface area contributed by atoms with Crippen LogP contribution in [-0.4, -0.2) is 28.2 Å². The maximum absolute atomic E-state index is 2.25. The molecule has 0 amide bonds. The van der Waals surface area contributed by atoms with E-state index in [1.54, 1.807) is 0 Å². The Bertz CT molecular complexity index is 359. The Labute approximate surface area is 99.9 Å². The highest BCUT2D eigenvalue weighted by molar-refractivity contribution is 5.64. The molecule has 0 aromatic heterocycles. The lowest BCUT2D eigenvalue weighted by atomic mass is 9.85. The first-order valence-electron chi connectivity index (χ1n) is 5.72. The first-order chi connectivity index (χ1) is 7.23. The van der Waals surface area contributed by atoms with Crippen molar-refractivity contribution in [2.75, 3.05) is 38.0 Å². The lowest BCUT2D eigenvalue weighted by Gasteiger charge is -2.28. The van der Waals surface area contributed by atoms with Crippen LogP contribution in [0.15, 0.2) is 18.2 Å². The van der Waals surface area contributed by atoms with E-state index >= 15 is 0 Å². The van der Waals surface area contributed by atoms with Crippen molar-refractivity contribution < 1.29 is 0 Å². The standard InChI is InChI=1S/C14H24N2/c1-14(2,3)12-9-8-11(15(4)5)10-13(12)16(6)7/h8-10H,1-7H3. The van der Waals surface area contributed by atoms with E-state index in [4.69, 9.17) is 0 Å². The van der Waals surface area contributed by atoms with Crippen LogP contribution in [0, 0.1) is 0 Å². The summed E-state index contributed by atoms with van der Waals surface area (Å²) in [4.78, 5) is 4.33. The van der Waals surface area contributed by atoms with Crippen LogP contribution in [-0.2, 0) is 5.41 Å². The summed E-state index contributed by atoms with van der Waals surface area (Å²) in [6, 6.07) is 6.68. The van der Waals surface area contributed by atoms with Gasteiger partial charge in [-0.05, 0) is 23.1 Å². The van der Waals surface area contributed by atoms with Crippen molar-refractivity contribution in [1.29, 1.82) is 0 Å². The van der Waals surface area contributed by atoms with E-state index in [9.17, 15) is 0 Å². The van der Waals surface area contributed by atoms with Crippen LogP contribution >= 0.6 is 0 Å². The fourth-order valence-electron chi connectivity index (χ4n) is 1.80. The molecule has 0 bridgehead atoms. The molecule has 1 aromatic carbocycles. The van der Waals surface area contributed by atoms with Gasteiger partial charge in [0, 0.05) is 39.6 Å². The third kappa shape index (κ3) is 2.69. The number of hydrogen-bond acceptors (Lipinski definition) is 2. The van der Waals surface area contributed by atoms with E-state index in [-0.39, 0.29) is 5.41 Å². The normalized spacial score (nSPS) is 11.4. The Morgan fingerprint density at radius 2 is 1.44 bits per heavy atom. The molecule has 1 aromatic rings. The average Bonchev–Trinajstić information content (AvgIpc) is 2.15. The molecule has 0 unspecified atom stereocenters. The predicted molar refractivity (Wildman–Crippen MR) is 73.8 cm³/mol. The summed E-state index contributed by atoms with van der Waals surface area (Å²) >= 11 is 0. The van der Waals surface area contributed by atoms with Crippen molar-refractivity contribution in [3.8, 4) is 0 Å². The topological polar surface area (TPSA) is 6.48 Å². The fourth-order valence-corrected chi connectivity index (χ4v) is 1.80. The first kappa shape index (κ1) is 12.9. The van der Waals surface area contributed by atoms with Crippen molar-refractivity contribution in [3.05, 3.63) is 23.8 Å². The number of hydrogen-bond donors (Lipinski definition) is 0. The van der Waals surface area contributed by atoms with Gasteiger partial charge in [0.2, 0.25) is 0 Å². The van der Waals surface area contributed by atoms with E-state index in [2.05, 4.69) is 77.0 Å². The van der Waals surface area contributed by atoms with Gasteiger partial charge in [0.15, 0.2) is 0 Å². The van der Waals surface area contributed by atoms with Gasteiger partial charge in [-0.3, -0.25) is 0 Å². The molecule has 0 spiro atoms. The van der Waals surface area contributed by atoms with Crippen LogP contribution in [0.25, 0.3) is 0 Å². The quantitative estimate of drug-likeness (QED) is 0.755. The summed E-state index contributed by atoms with van der Waals surface area (Å²) in [5.41, 5.74) is 4.13. The fraction of sp³-hybridized carbons (Fsp3) is 0.571. The summed E-state index contributed by atoms with van der Waals surface area (Å²) in [7, 11) is 8.35. The van der Waals surface area contributed by atoms with E-state index in [0.717, 1.165) is 0 Å². The molecule has 0 saturated carbocycles. The molecular formula is C14H24N2. The van der Waals surface area contributed by atoms with Crippen LogP contribution in [0.4, 0.5) is 11.4 Å². The van der Waals surface area contributed by atoms with Gasteiger partial charge in [-0.15, -0.1) is 0 Å². The third-order valence-corrected chi connectivity index (χ3v) is 2.79. The largest absolute Gasteiger partial charge is 0.378 e. The number of anilines is 2. The Balaban J connectivity index is 3.31. The molecule has 0 fully saturated rings. The smallest absolute Gasteiger partial charge is 0.0419 e. The van der Waals surface area contributed by atoms with Crippen LogP contribution in [0.2, 0.25) is 0 Å². The highest BCUT2D eigenvalue weighted by Gasteiger charge is 2.19. The van der Waals surface area contributed by atoms with Gasteiger partial charge in [0.25, 0.3) is 0 Å². The lowest BCUT2D eigenvalue weighted by Crippen LogP contribution is -2.20. The Morgan fingerprint density at radius 1 is 0.875 bits per heavy atom. The first-order valence-corrected chi connectivity index (χ1v) is 5.72. The molecule has 2 nitrogen and oxygen atoms in total. The highest BCUT2D eigenvalue weighted by atomic mass is 15.1. The van der Waals surface area contributed by atoms with Crippen molar-refractivity contribution >= 4 is 11.4 Å². The van der Waals surface area contributed by atoms with Crippen molar-refractivity contribution in [2.45, 2.75) is 26.2 Å². The van der Waals surface area contributed by atoms with Gasteiger partial charge >= 0.3 is 0 Å². The summed E-state index contributed by atoms with van der Waals surface area (Å²) < 4.78 is 0. The van der Waals surface area contributed by atoms with E-state index in [1.165, 1.54) is 16.9 Å². The highest BCUT2D eigenvalue weighted by Crippen LogP contribution is 2.33. The predicted octanol–water partition coefficient (Wildman–Crippen LogP) is 3.12. The monoisotopic (exact) mass is 220 g/mol. The van der Waals surface area contributed by atoms with Gasteiger partial charge in [0.05, 0.1) is 0 Å². The summed E-state index contributed by atoms with van der Waals surface area (Å²) in [6.45, 7) is 6.76. The van der Waals surface area contributed by atoms with Gasteiger partial charge in [0.1, 0.15) is 0 Å². The average molecular weight is 220 g/mol. The Morgan fingerprint density at radius 3 is 1.81 bits per heavy atom. The molecule has 0 atom stereocenters. The van der Waals surface area contributed by atoms with Crippen molar-refractivity contribution in [3.63, 3.8) is 0 Å². The minimum absolute atomic E-state index is 0.185. The summed E-state index contributed by atoms with van der Waals surface area (Å²) in [6.07, 6.45) is 0. The van der Waals surface area contributed by atoms with Gasteiger partial charge in [-0.25, -0.2) is 0 Å². The second kappa shape index (κ2) is 4.36. The Hall–Kier alpha value is -1.18. The second-order valence-corrected chi connectivity index (χ2v) is 5.74. The van der Waals surface area contributed by atoms with Crippen LogP contribution in [0.5, 0.6) is 0 Å². The zero-order valence-corrected chi connectivity index (χ0v) is 11.6. The van der Waals surface area contributed by atoms with E-state index in [1.807, 2.05) is 0 Å². The van der Waals surface area contributed by atoms with E-state index < -0.39 is 0 Å². The Kier molecular flexibility index (Phi) is 3.51. The molecule has 0 aliphatic carbocycles. The molecule has 0 N–H and O–H groups in total.